The summed E-state index contributed by atoms with van der Waals surface area (Å²) in [5.41, 5.74) is 0. The fraction of sp³-hybridized carbons (Fsp3) is 0.556. The van der Waals surface area contributed by atoms with Crippen LogP contribution in [0.15, 0.2) is 6.07 Å². The van der Waals surface area contributed by atoms with Gasteiger partial charge in [0.05, 0.1) is 19.3 Å². The van der Waals surface area contributed by atoms with E-state index in [1.165, 1.54) is 0 Å². The van der Waals surface area contributed by atoms with Crippen LogP contribution in [-0.4, -0.2) is 41.1 Å². The van der Waals surface area contributed by atoms with Gasteiger partial charge in [0, 0.05) is 6.07 Å². The molecule has 0 aliphatic carbocycles. The van der Waals surface area contributed by atoms with Gasteiger partial charge < -0.3 is 14.7 Å². The van der Waals surface area contributed by atoms with Crippen LogP contribution in [0.2, 0.25) is 10.4 Å². The molecular formula is C9H11Cl2N3O2. The maximum Gasteiger partial charge on any atom is 0.225 e. The standard InChI is InChI=1S/C9H11Cl2N3O2/c10-7-3-8(13-9(11)12-7)14-5-16-2-1-6(14)4-15/h3,6,15H,1-2,4-5H2. The zero-order valence-electron chi connectivity index (χ0n) is 8.44. The highest BCUT2D eigenvalue weighted by atomic mass is 35.5. The molecule has 0 radical (unpaired) electrons. The third-order valence-corrected chi connectivity index (χ3v) is 2.79. The van der Waals surface area contributed by atoms with Crippen molar-refractivity contribution in [1.82, 2.24) is 9.97 Å². The molecule has 16 heavy (non-hydrogen) atoms. The van der Waals surface area contributed by atoms with Gasteiger partial charge in [0.2, 0.25) is 5.28 Å². The minimum Gasteiger partial charge on any atom is -0.394 e. The largest absolute Gasteiger partial charge is 0.394 e. The van der Waals surface area contributed by atoms with Gasteiger partial charge in [0.1, 0.15) is 17.7 Å². The van der Waals surface area contributed by atoms with Crippen molar-refractivity contribution in [3.05, 3.63) is 16.5 Å². The maximum atomic E-state index is 9.25. The van der Waals surface area contributed by atoms with E-state index in [9.17, 15) is 5.11 Å². The molecule has 1 aliphatic heterocycles. The van der Waals surface area contributed by atoms with Gasteiger partial charge in [-0.1, -0.05) is 11.6 Å². The fourth-order valence-corrected chi connectivity index (χ4v) is 2.01. The summed E-state index contributed by atoms with van der Waals surface area (Å²) < 4.78 is 5.32. The Hall–Kier alpha value is -0.620. The number of aromatic nitrogens is 2. The first kappa shape index (κ1) is 11.9. The van der Waals surface area contributed by atoms with Crippen LogP contribution < -0.4 is 4.90 Å². The Labute approximate surface area is 103 Å². The van der Waals surface area contributed by atoms with Crippen molar-refractivity contribution in [2.45, 2.75) is 12.5 Å². The lowest BCUT2D eigenvalue weighted by atomic mass is 10.2. The third-order valence-electron chi connectivity index (χ3n) is 2.43. The molecule has 0 amide bonds. The molecule has 1 aromatic rings. The van der Waals surface area contributed by atoms with Crippen LogP contribution in [0, 0.1) is 0 Å². The normalized spacial score (nSPS) is 21.2. The third kappa shape index (κ3) is 2.55. The van der Waals surface area contributed by atoms with Crippen LogP contribution in [0.3, 0.4) is 0 Å². The Morgan fingerprint density at radius 3 is 3.00 bits per heavy atom. The number of halogens is 2. The summed E-state index contributed by atoms with van der Waals surface area (Å²) in [6.07, 6.45) is 0.746. The van der Waals surface area contributed by atoms with Crippen molar-refractivity contribution in [2.75, 3.05) is 24.8 Å². The Kier molecular flexibility index (Phi) is 3.81. The zero-order chi connectivity index (χ0) is 11.5. The molecule has 1 N–H and O–H groups in total. The number of anilines is 1. The molecule has 0 bridgehead atoms. The Balaban J connectivity index is 2.26. The molecule has 0 spiro atoms. The highest BCUT2D eigenvalue weighted by Crippen LogP contribution is 2.23. The maximum absolute atomic E-state index is 9.25. The van der Waals surface area contributed by atoms with E-state index in [4.69, 9.17) is 27.9 Å². The first-order valence-corrected chi connectivity index (χ1v) is 5.61. The molecule has 88 valence electrons. The van der Waals surface area contributed by atoms with Crippen molar-refractivity contribution in [1.29, 1.82) is 0 Å². The van der Waals surface area contributed by atoms with E-state index in [1.807, 2.05) is 4.90 Å². The summed E-state index contributed by atoms with van der Waals surface area (Å²) in [6.45, 7) is 1.05. The Morgan fingerprint density at radius 2 is 2.31 bits per heavy atom. The SMILES string of the molecule is OCC1CCOCN1c1cc(Cl)nc(Cl)n1. The molecule has 1 aliphatic rings. The van der Waals surface area contributed by atoms with E-state index in [0.29, 0.717) is 19.2 Å². The van der Waals surface area contributed by atoms with E-state index in [-0.39, 0.29) is 23.1 Å². The van der Waals surface area contributed by atoms with Gasteiger partial charge in [-0.25, -0.2) is 9.97 Å². The van der Waals surface area contributed by atoms with Gasteiger partial charge in [0.15, 0.2) is 0 Å². The molecule has 1 saturated heterocycles. The number of aliphatic hydroxyl groups excluding tert-OH is 1. The lowest BCUT2D eigenvalue weighted by Gasteiger charge is -2.35. The van der Waals surface area contributed by atoms with Crippen LogP contribution in [0.5, 0.6) is 0 Å². The van der Waals surface area contributed by atoms with Crippen LogP contribution in [0.25, 0.3) is 0 Å². The predicted molar refractivity (Wildman–Crippen MR) is 60.8 cm³/mol. The van der Waals surface area contributed by atoms with E-state index in [0.717, 1.165) is 6.42 Å². The van der Waals surface area contributed by atoms with Crippen molar-refractivity contribution in [3.63, 3.8) is 0 Å². The zero-order valence-corrected chi connectivity index (χ0v) is 9.95. The van der Waals surface area contributed by atoms with Gasteiger partial charge in [-0.2, -0.15) is 0 Å². The first-order valence-electron chi connectivity index (χ1n) is 4.86. The topological polar surface area (TPSA) is 58.5 Å². The van der Waals surface area contributed by atoms with Gasteiger partial charge in [-0.05, 0) is 18.0 Å². The smallest absolute Gasteiger partial charge is 0.225 e. The lowest BCUT2D eigenvalue weighted by Crippen LogP contribution is -2.44. The van der Waals surface area contributed by atoms with E-state index in [2.05, 4.69) is 9.97 Å². The van der Waals surface area contributed by atoms with Gasteiger partial charge in [0.25, 0.3) is 0 Å². The van der Waals surface area contributed by atoms with Crippen molar-refractivity contribution in [2.24, 2.45) is 0 Å². The number of hydrogen-bond donors (Lipinski definition) is 1. The molecule has 1 unspecified atom stereocenters. The molecule has 5 nitrogen and oxygen atoms in total. The van der Waals surface area contributed by atoms with E-state index >= 15 is 0 Å². The summed E-state index contributed by atoms with van der Waals surface area (Å²) in [5, 5.41) is 9.62. The average molecular weight is 264 g/mol. The molecule has 1 fully saturated rings. The van der Waals surface area contributed by atoms with Crippen molar-refractivity contribution >= 4 is 29.0 Å². The second-order valence-corrected chi connectivity index (χ2v) is 4.18. The van der Waals surface area contributed by atoms with Crippen molar-refractivity contribution in [3.8, 4) is 0 Å². The number of rotatable bonds is 2. The number of ether oxygens (including phenoxy) is 1. The number of aliphatic hydroxyl groups is 1. The second-order valence-electron chi connectivity index (χ2n) is 3.45. The number of nitrogens with zero attached hydrogens (tertiary/aromatic N) is 3. The fourth-order valence-electron chi connectivity index (χ4n) is 1.61. The minimum absolute atomic E-state index is 0.0178. The summed E-state index contributed by atoms with van der Waals surface area (Å²) in [7, 11) is 0. The molecular weight excluding hydrogens is 253 g/mol. The van der Waals surface area contributed by atoms with Gasteiger partial charge in [-0.15, -0.1) is 0 Å². The lowest BCUT2D eigenvalue weighted by molar-refractivity contribution is 0.0710. The summed E-state index contributed by atoms with van der Waals surface area (Å²) in [4.78, 5) is 9.65. The molecule has 0 aromatic carbocycles. The van der Waals surface area contributed by atoms with Crippen LogP contribution in [0.4, 0.5) is 5.82 Å². The predicted octanol–water partition coefficient (Wildman–Crippen LogP) is 1.33. The second kappa shape index (κ2) is 5.14. The Bertz CT molecular complexity index is 358. The Morgan fingerprint density at radius 1 is 1.50 bits per heavy atom. The molecule has 0 saturated carbocycles. The minimum atomic E-state index is -0.0178. The molecule has 7 heteroatoms. The molecule has 1 atom stereocenters. The average Bonchev–Trinajstić information content (AvgIpc) is 2.27. The van der Waals surface area contributed by atoms with Gasteiger partial charge in [-0.3, -0.25) is 0 Å². The van der Waals surface area contributed by atoms with Crippen molar-refractivity contribution < 1.29 is 9.84 Å². The summed E-state index contributed by atoms with van der Waals surface area (Å²) in [5.74, 6) is 0.573. The molecule has 2 rings (SSSR count). The molecule has 1 aromatic heterocycles. The van der Waals surface area contributed by atoms with Crippen LogP contribution >= 0.6 is 23.2 Å². The quantitative estimate of drug-likeness (QED) is 0.645. The van der Waals surface area contributed by atoms with Crippen LogP contribution in [0.1, 0.15) is 6.42 Å². The van der Waals surface area contributed by atoms with Gasteiger partial charge >= 0.3 is 0 Å². The van der Waals surface area contributed by atoms with E-state index < -0.39 is 0 Å². The van der Waals surface area contributed by atoms with Crippen LogP contribution in [-0.2, 0) is 4.74 Å². The highest BCUT2D eigenvalue weighted by molar-refractivity contribution is 6.32. The first-order chi connectivity index (χ1) is 7.70. The monoisotopic (exact) mass is 263 g/mol. The molecule has 2 heterocycles. The number of hydrogen-bond acceptors (Lipinski definition) is 5. The highest BCUT2D eigenvalue weighted by Gasteiger charge is 2.24. The summed E-state index contributed by atoms with van der Waals surface area (Å²) >= 11 is 11.5. The summed E-state index contributed by atoms with van der Waals surface area (Å²) in [6, 6.07) is 1.58. The van der Waals surface area contributed by atoms with E-state index in [1.54, 1.807) is 6.07 Å².